The van der Waals surface area contributed by atoms with E-state index in [9.17, 15) is 13.2 Å². The van der Waals surface area contributed by atoms with E-state index in [1.54, 1.807) is 13.8 Å². The summed E-state index contributed by atoms with van der Waals surface area (Å²) in [6.07, 6.45) is 2.46. The third-order valence-electron chi connectivity index (χ3n) is 5.72. The number of hydrogen-bond donors (Lipinski definition) is 0. The lowest BCUT2D eigenvalue weighted by atomic mass is 9.84. The summed E-state index contributed by atoms with van der Waals surface area (Å²) in [6, 6.07) is 7.13. The van der Waals surface area contributed by atoms with Crippen LogP contribution in [0.5, 0.6) is 0 Å². The van der Waals surface area contributed by atoms with E-state index in [2.05, 4.69) is 0 Å². The van der Waals surface area contributed by atoms with Crippen LogP contribution in [0, 0.1) is 11.8 Å². The summed E-state index contributed by atoms with van der Waals surface area (Å²) in [5.74, 6) is 0.111. The molecule has 6 heteroatoms. The molecular weight excluding hydrogens is 382 g/mol. The first kappa shape index (κ1) is 22.2. The molecule has 1 unspecified atom stereocenters. The zero-order chi connectivity index (χ0) is 20.4. The van der Waals surface area contributed by atoms with E-state index in [-0.39, 0.29) is 35.6 Å². The molecule has 1 saturated heterocycles. The molecule has 3 atom stereocenters. The fourth-order valence-corrected chi connectivity index (χ4v) is 5.33. The van der Waals surface area contributed by atoms with E-state index in [0.717, 1.165) is 24.8 Å². The Bertz CT molecular complexity index is 743. The summed E-state index contributed by atoms with van der Waals surface area (Å²) in [4.78, 5) is 15.2. The zero-order valence-corrected chi connectivity index (χ0v) is 18.6. The minimum atomic E-state index is -3.27. The summed E-state index contributed by atoms with van der Waals surface area (Å²) in [6.45, 7) is 9.44. The first-order chi connectivity index (χ1) is 12.6. The summed E-state index contributed by atoms with van der Waals surface area (Å²) >= 11 is 6.04. The number of amides is 1. The minimum absolute atomic E-state index is 0.00853. The number of rotatable bonds is 7. The van der Waals surface area contributed by atoms with Gasteiger partial charge in [-0.1, -0.05) is 44.5 Å². The van der Waals surface area contributed by atoms with Crippen LogP contribution in [-0.2, 0) is 14.6 Å². The first-order valence-electron chi connectivity index (χ1n) is 9.87. The molecule has 1 aliphatic heterocycles. The predicted octanol–water partition coefficient (Wildman–Crippen LogP) is 4.88. The van der Waals surface area contributed by atoms with E-state index >= 15 is 0 Å². The van der Waals surface area contributed by atoms with Crippen LogP contribution < -0.4 is 0 Å². The Morgan fingerprint density at radius 3 is 2.19 bits per heavy atom. The average Bonchev–Trinajstić information content (AvgIpc) is 2.60. The van der Waals surface area contributed by atoms with Crippen molar-refractivity contribution >= 4 is 27.3 Å². The van der Waals surface area contributed by atoms with Gasteiger partial charge in [0.2, 0.25) is 5.91 Å². The van der Waals surface area contributed by atoms with Crippen molar-refractivity contribution in [3.05, 3.63) is 34.9 Å². The molecule has 2 rings (SSSR count). The molecule has 0 aliphatic carbocycles. The van der Waals surface area contributed by atoms with Gasteiger partial charge in [0.25, 0.3) is 0 Å². The highest BCUT2D eigenvalue weighted by molar-refractivity contribution is 7.92. The Morgan fingerprint density at radius 2 is 1.70 bits per heavy atom. The maximum absolute atomic E-state index is 13.3. The third kappa shape index (κ3) is 5.05. The highest BCUT2D eigenvalue weighted by Crippen LogP contribution is 2.39. The SMILES string of the molecule is CC[C@H]1CC[C@@H](c2ccc(Cl)cc2)N(C(CS(=O)(=O)C(C)C)C(C)C)C1=O. The lowest BCUT2D eigenvalue weighted by molar-refractivity contribution is -0.146. The largest absolute Gasteiger partial charge is 0.331 e. The van der Waals surface area contributed by atoms with E-state index < -0.39 is 15.1 Å². The van der Waals surface area contributed by atoms with Gasteiger partial charge in [-0.2, -0.15) is 0 Å². The number of halogens is 1. The molecule has 1 amide bonds. The predicted molar refractivity (Wildman–Crippen MR) is 112 cm³/mol. The Hall–Kier alpha value is -1.07. The van der Waals surface area contributed by atoms with Gasteiger partial charge in [-0.15, -0.1) is 0 Å². The van der Waals surface area contributed by atoms with Gasteiger partial charge in [-0.3, -0.25) is 4.79 Å². The van der Waals surface area contributed by atoms with Crippen LogP contribution >= 0.6 is 11.6 Å². The monoisotopic (exact) mass is 413 g/mol. The van der Waals surface area contributed by atoms with Crippen LogP contribution in [0.4, 0.5) is 0 Å². The van der Waals surface area contributed by atoms with E-state index in [4.69, 9.17) is 11.6 Å². The minimum Gasteiger partial charge on any atom is -0.331 e. The second kappa shape index (κ2) is 8.95. The fourth-order valence-electron chi connectivity index (χ4n) is 3.80. The maximum atomic E-state index is 13.3. The second-order valence-electron chi connectivity index (χ2n) is 8.19. The summed E-state index contributed by atoms with van der Waals surface area (Å²) < 4.78 is 25.4. The van der Waals surface area contributed by atoms with Gasteiger partial charge in [0.1, 0.15) is 0 Å². The molecule has 0 aromatic heterocycles. The third-order valence-corrected chi connectivity index (χ3v) is 8.22. The highest BCUT2D eigenvalue weighted by Gasteiger charge is 2.41. The fraction of sp³-hybridized carbons (Fsp3) is 0.667. The summed E-state index contributed by atoms with van der Waals surface area (Å²) in [7, 11) is -3.27. The van der Waals surface area contributed by atoms with Crippen LogP contribution in [0.3, 0.4) is 0 Å². The molecule has 0 bridgehead atoms. The van der Waals surface area contributed by atoms with Crippen molar-refractivity contribution in [3.63, 3.8) is 0 Å². The van der Waals surface area contributed by atoms with Crippen molar-refractivity contribution in [3.8, 4) is 0 Å². The average molecular weight is 414 g/mol. The Labute approximate surface area is 169 Å². The van der Waals surface area contributed by atoms with Crippen molar-refractivity contribution in [1.29, 1.82) is 0 Å². The van der Waals surface area contributed by atoms with E-state index in [0.29, 0.717) is 5.02 Å². The molecule has 0 N–H and O–H groups in total. The number of benzene rings is 1. The molecule has 27 heavy (non-hydrogen) atoms. The lowest BCUT2D eigenvalue weighted by Gasteiger charge is -2.45. The molecule has 4 nitrogen and oxygen atoms in total. The van der Waals surface area contributed by atoms with Gasteiger partial charge in [-0.25, -0.2) is 8.42 Å². The Morgan fingerprint density at radius 1 is 1.11 bits per heavy atom. The molecule has 152 valence electrons. The van der Waals surface area contributed by atoms with Crippen molar-refractivity contribution in [2.24, 2.45) is 11.8 Å². The number of carbonyl (C=O) groups is 1. The van der Waals surface area contributed by atoms with Gasteiger partial charge in [0, 0.05) is 17.0 Å². The number of likely N-dealkylation sites (tertiary alicyclic amines) is 1. The van der Waals surface area contributed by atoms with Crippen LogP contribution in [0.15, 0.2) is 24.3 Å². The number of nitrogens with zero attached hydrogens (tertiary/aromatic N) is 1. The number of carbonyl (C=O) groups excluding carboxylic acids is 1. The van der Waals surface area contributed by atoms with Crippen LogP contribution in [-0.4, -0.2) is 36.3 Å². The molecule has 1 aromatic rings. The lowest BCUT2D eigenvalue weighted by Crippen LogP contribution is -2.53. The standard InChI is InChI=1S/C21H32ClNO3S/c1-6-16-9-12-19(17-7-10-18(22)11-8-17)23(21(16)24)20(14(2)3)13-27(25,26)15(4)5/h7-8,10-11,14-16,19-20H,6,9,12-13H2,1-5H3/t16-,19-,20?/m0/s1. The molecule has 0 radical (unpaired) electrons. The number of piperidine rings is 1. The zero-order valence-electron chi connectivity index (χ0n) is 17.0. The Kier molecular flexibility index (Phi) is 7.37. The van der Waals surface area contributed by atoms with Crippen molar-refractivity contribution in [1.82, 2.24) is 4.90 Å². The number of hydrogen-bond acceptors (Lipinski definition) is 3. The van der Waals surface area contributed by atoms with Crippen molar-refractivity contribution < 1.29 is 13.2 Å². The van der Waals surface area contributed by atoms with Crippen molar-refractivity contribution in [2.45, 2.75) is 71.2 Å². The van der Waals surface area contributed by atoms with Gasteiger partial charge >= 0.3 is 0 Å². The quantitative estimate of drug-likeness (QED) is 0.640. The normalized spacial score (nSPS) is 22.5. The molecule has 1 fully saturated rings. The molecule has 0 spiro atoms. The van der Waals surface area contributed by atoms with E-state index in [1.165, 1.54) is 0 Å². The molecule has 1 aliphatic rings. The van der Waals surface area contributed by atoms with Crippen molar-refractivity contribution in [2.75, 3.05) is 5.75 Å². The smallest absolute Gasteiger partial charge is 0.226 e. The highest BCUT2D eigenvalue weighted by atomic mass is 35.5. The van der Waals surface area contributed by atoms with Crippen LogP contribution in [0.2, 0.25) is 5.02 Å². The van der Waals surface area contributed by atoms with Gasteiger partial charge in [-0.05, 0) is 56.7 Å². The van der Waals surface area contributed by atoms with Crippen LogP contribution in [0.1, 0.15) is 65.5 Å². The summed E-state index contributed by atoms with van der Waals surface area (Å²) in [5, 5.41) is 0.205. The Balaban J connectivity index is 2.47. The van der Waals surface area contributed by atoms with Gasteiger partial charge < -0.3 is 4.90 Å². The summed E-state index contributed by atoms with van der Waals surface area (Å²) in [5.41, 5.74) is 1.02. The van der Waals surface area contributed by atoms with Gasteiger partial charge in [0.05, 0.1) is 17.0 Å². The molecule has 0 saturated carbocycles. The second-order valence-corrected chi connectivity index (χ2v) is 11.2. The number of sulfone groups is 1. The molecule has 1 aromatic carbocycles. The molecule has 1 heterocycles. The molecular formula is C21H32ClNO3S. The maximum Gasteiger partial charge on any atom is 0.226 e. The van der Waals surface area contributed by atoms with Crippen LogP contribution in [0.25, 0.3) is 0 Å². The first-order valence-corrected chi connectivity index (χ1v) is 12.0. The topological polar surface area (TPSA) is 54.5 Å². The van der Waals surface area contributed by atoms with Gasteiger partial charge in [0.15, 0.2) is 9.84 Å². The van der Waals surface area contributed by atoms with E-state index in [1.807, 2.05) is 49.9 Å².